The zero-order valence-corrected chi connectivity index (χ0v) is 15.7. The third kappa shape index (κ3) is 4.08. The van der Waals surface area contributed by atoms with Gasteiger partial charge < -0.3 is 19.7 Å². The predicted molar refractivity (Wildman–Crippen MR) is 98.4 cm³/mol. The predicted octanol–water partition coefficient (Wildman–Crippen LogP) is 2.65. The largest absolute Gasteiger partial charge is 0.495 e. The molecule has 8 heteroatoms. The van der Waals surface area contributed by atoms with Crippen LogP contribution in [0.25, 0.3) is 0 Å². The molecule has 25 heavy (non-hydrogen) atoms. The fraction of sp³-hybridized carbons (Fsp3) is 0.353. The lowest BCUT2D eigenvalue weighted by molar-refractivity contribution is 0.102. The van der Waals surface area contributed by atoms with Gasteiger partial charge in [-0.2, -0.15) is 0 Å². The van der Waals surface area contributed by atoms with Crippen LogP contribution in [0.4, 0.5) is 11.6 Å². The first-order valence-electron chi connectivity index (χ1n) is 7.89. The second kappa shape index (κ2) is 7.79. The summed E-state index contributed by atoms with van der Waals surface area (Å²) in [7, 11) is 1.57. The Morgan fingerprint density at radius 3 is 2.84 bits per heavy atom. The number of hydrogen-bond donors (Lipinski definition) is 1. The van der Waals surface area contributed by atoms with E-state index in [1.54, 1.807) is 13.3 Å². The quantitative estimate of drug-likeness (QED) is 0.840. The van der Waals surface area contributed by atoms with E-state index in [0.717, 1.165) is 5.56 Å². The highest BCUT2D eigenvalue weighted by atomic mass is 79.9. The number of amides is 1. The van der Waals surface area contributed by atoms with Crippen LogP contribution in [0.15, 0.2) is 28.9 Å². The highest BCUT2D eigenvalue weighted by Gasteiger charge is 2.19. The Bertz CT molecular complexity index is 778. The number of halogens is 1. The molecule has 1 fully saturated rings. The number of benzene rings is 1. The molecular weight excluding hydrogens is 388 g/mol. The number of aromatic nitrogens is 2. The summed E-state index contributed by atoms with van der Waals surface area (Å²) in [6.07, 6.45) is 1.60. The lowest BCUT2D eigenvalue weighted by Crippen LogP contribution is -2.37. The smallest absolute Gasteiger partial charge is 0.275 e. The number of anilines is 2. The van der Waals surface area contributed by atoms with Crippen molar-refractivity contribution in [2.45, 2.75) is 6.92 Å². The van der Waals surface area contributed by atoms with Gasteiger partial charge in [-0.3, -0.25) is 4.79 Å². The normalized spacial score (nSPS) is 14.3. The number of nitrogens with one attached hydrogen (secondary N) is 1. The average molecular weight is 407 g/mol. The minimum atomic E-state index is -0.326. The summed E-state index contributed by atoms with van der Waals surface area (Å²) in [5, 5.41) is 2.86. The van der Waals surface area contributed by atoms with E-state index in [-0.39, 0.29) is 11.6 Å². The first-order chi connectivity index (χ1) is 12.1. The number of ether oxygens (including phenoxy) is 2. The van der Waals surface area contributed by atoms with Crippen molar-refractivity contribution in [3.05, 3.63) is 40.1 Å². The topological polar surface area (TPSA) is 76.6 Å². The van der Waals surface area contributed by atoms with Crippen molar-refractivity contribution in [3.8, 4) is 5.75 Å². The van der Waals surface area contributed by atoms with Crippen molar-refractivity contribution in [2.24, 2.45) is 0 Å². The van der Waals surface area contributed by atoms with Crippen molar-refractivity contribution in [2.75, 3.05) is 43.6 Å². The van der Waals surface area contributed by atoms with Crippen LogP contribution < -0.4 is 15.0 Å². The summed E-state index contributed by atoms with van der Waals surface area (Å²) in [4.78, 5) is 23.5. The SMILES string of the molecule is COc1ccc(C)cc1NC(=O)c1nc(N2CCOCC2)ncc1Br. The highest BCUT2D eigenvalue weighted by Crippen LogP contribution is 2.27. The number of nitrogens with zero attached hydrogens (tertiary/aromatic N) is 3. The van der Waals surface area contributed by atoms with Gasteiger partial charge in [-0.1, -0.05) is 6.07 Å². The fourth-order valence-corrected chi connectivity index (χ4v) is 2.90. The number of aryl methyl sites for hydroxylation is 1. The van der Waals surface area contributed by atoms with E-state index in [2.05, 4.69) is 31.2 Å². The first kappa shape index (κ1) is 17.6. The molecule has 0 radical (unpaired) electrons. The van der Waals surface area contributed by atoms with Gasteiger partial charge in [0, 0.05) is 19.3 Å². The number of methoxy groups -OCH3 is 1. The maximum Gasteiger partial charge on any atom is 0.275 e. The first-order valence-corrected chi connectivity index (χ1v) is 8.69. The van der Waals surface area contributed by atoms with Gasteiger partial charge in [0.25, 0.3) is 5.91 Å². The second-order valence-electron chi connectivity index (χ2n) is 5.62. The molecule has 1 aliphatic heterocycles. The summed E-state index contributed by atoms with van der Waals surface area (Å²) in [6.45, 7) is 4.61. The van der Waals surface area contributed by atoms with Crippen molar-refractivity contribution in [1.82, 2.24) is 9.97 Å². The van der Waals surface area contributed by atoms with E-state index in [1.807, 2.05) is 30.0 Å². The summed E-state index contributed by atoms with van der Waals surface area (Å²) >= 11 is 3.36. The zero-order valence-electron chi connectivity index (χ0n) is 14.1. The molecule has 0 atom stereocenters. The summed E-state index contributed by atoms with van der Waals surface area (Å²) in [6, 6.07) is 5.60. The third-order valence-corrected chi connectivity index (χ3v) is 4.42. The van der Waals surface area contributed by atoms with Crippen LogP contribution in [0.5, 0.6) is 5.75 Å². The van der Waals surface area contributed by atoms with Gasteiger partial charge in [-0.05, 0) is 40.5 Å². The molecule has 0 spiro atoms. The molecule has 132 valence electrons. The Labute approximate surface area is 154 Å². The molecular formula is C17H19BrN4O3. The molecule has 0 saturated carbocycles. The van der Waals surface area contributed by atoms with Gasteiger partial charge in [0.15, 0.2) is 0 Å². The van der Waals surface area contributed by atoms with Crippen LogP contribution in [0.3, 0.4) is 0 Å². The Hall–Kier alpha value is -2.19. The van der Waals surface area contributed by atoms with Crippen LogP contribution in [0.1, 0.15) is 16.1 Å². The number of rotatable bonds is 4. The molecule has 2 aromatic rings. The number of carbonyl (C=O) groups is 1. The molecule has 1 aliphatic rings. The second-order valence-corrected chi connectivity index (χ2v) is 6.48. The monoisotopic (exact) mass is 406 g/mol. The molecule has 1 aromatic heterocycles. The number of morpholine rings is 1. The van der Waals surface area contributed by atoms with E-state index in [1.165, 1.54) is 0 Å². The molecule has 1 saturated heterocycles. The molecule has 1 amide bonds. The maximum atomic E-state index is 12.7. The van der Waals surface area contributed by atoms with Gasteiger partial charge in [-0.25, -0.2) is 9.97 Å². The van der Waals surface area contributed by atoms with Crippen molar-refractivity contribution < 1.29 is 14.3 Å². The summed E-state index contributed by atoms with van der Waals surface area (Å²) < 4.78 is 11.2. The molecule has 7 nitrogen and oxygen atoms in total. The Morgan fingerprint density at radius 1 is 1.36 bits per heavy atom. The number of carbonyl (C=O) groups excluding carboxylic acids is 1. The van der Waals surface area contributed by atoms with Crippen LogP contribution in [0, 0.1) is 6.92 Å². The van der Waals surface area contributed by atoms with E-state index in [4.69, 9.17) is 9.47 Å². The van der Waals surface area contributed by atoms with Gasteiger partial charge in [-0.15, -0.1) is 0 Å². The number of hydrogen-bond acceptors (Lipinski definition) is 6. The van der Waals surface area contributed by atoms with Gasteiger partial charge >= 0.3 is 0 Å². The summed E-state index contributed by atoms with van der Waals surface area (Å²) in [5.74, 6) is 0.790. The van der Waals surface area contributed by atoms with E-state index >= 15 is 0 Å². The molecule has 1 N–H and O–H groups in total. The Kier molecular flexibility index (Phi) is 5.50. The molecule has 3 rings (SSSR count). The molecule has 0 bridgehead atoms. The van der Waals surface area contributed by atoms with Crippen molar-refractivity contribution >= 4 is 33.5 Å². The van der Waals surface area contributed by atoms with Crippen LogP contribution >= 0.6 is 15.9 Å². The van der Waals surface area contributed by atoms with Crippen molar-refractivity contribution in [3.63, 3.8) is 0 Å². The lowest BCUT2D eigenvalue weighted by Gasteiger charge is -2.26. The van der Waals surface area contributed by atoms with Crippen LogP contribution in [-0.4, -0.2) is 49.3 Å². The maximum absolute atomic E-state index is 12.7. The standard InChI is InChI=1S/C17H19BrN4O3/c1-11-3-4-14(24-2)13(9-11)20-16(23)15-12(18)10-19-17(21-15)22-5-7-25-8-6-22/h3-4,9-10H,5-8H2,1-2H3,(H,20,23). The summed E-state index contributed by atoms with van der Waals surface area (Å²) in [5.41, 5.74) is 1.90. The van der Waals surface area contributed by atoms with Gasteiger partial charge in [0.2, 0.25) is 5.95 Å². The van der Waals surface area contributed by atoms with E-state index in [9.17, 15) is 4.79 Å². The minimum absolute atomic E-state index is 0.278. The minimum Gasteiger partial charge on any atom is -0.495 e. The highest BCUT2D eigenvalue weighted by molar-refractivity contribution is 9.10. The van der Waals surface area contributed by atoms with Crippen LogP contribution in [-0.2, 0) is 4.74 Å². The van der Waals surface area contributed by atoms with Crippen LogP contribution in [0.2, 0.25) is 0 Å². The Morgan fingerprint density at radius 2 is 2.12 bits per heavy atom. The van der Waals surface area contributed by atoms with Crippen molar-refractivity contribution in [1.29, 1.82) is 0 Å². The average Bonchev–Trinajstić information content (AvgIpc) is 2.63. The lowest BCUT2D eigenvalue weighted by atomic mass is 10.2. The molecule has 0 unspecified atom stereocenters. The molecule has 0 aliphatic carbocycles. The molecule has 2 heterocycles. The fourth-order valence-electron chi connectivity index (χ4n) is 2.53. The van der Waals surface area contributed by atoms with E-state index < -0.39 is 0 Å². The third-order valence-electron chi connectivity index (χ3n) is 3.84. The molecule has 1 aromatic carbocycles. The Balaban J connectivity index is 1.85. The zero-order chi connectivity index (χ0) is 17.8. The van der Waals surface area contributed by atoms with Gasteiger partial charge in [0.1, 0.15) is 11.4 Å². The van der Waals surface area contributed by atoms with Gasteiger partial charge in [0.05, 0.1) is 30.5 Å². The van der Waals surface area contributed by atoms with E-state index in [0.29, 0.717) is 48.2 Å².